The second kappa shape index (κ2) is 7.63. The minimum absolute atomic E-state index is 0.0589. The van der Waals surface area contributed by atoms with Gasteiger partial charge in [0.2, 0.25) is 0 Å². The Morgan fingerprint density at radius 1 is 1.16 bits per heavy atom. The average Bonchev–Trinajstić information content (AvgIpc) is 3.20. The van der Waals surface area contributed by atoms with E-state index in [9.17, 15) is 0 Å². The van der Waals surface area contributed by atoms with Crippen molar-refractivity contribution in [2.24, 2.45) is 0 Å². The molecule has 0 spiro atoms. The van der Waals surface area contributed by atoms with Crippen molar-refractivity contribution in [3.8, 4) is 0 Å². The van der Waals surface area contributed by atoms with E-state index in [0.717, 1.165) is 13.0 Å². The molecule has 106 valence electrons. The summed E-state index contributed by atoms with van der Waals surface area (Å²) in [6, 6.07) is 11.4. The molecule has 0 amide bonds. The Morgan fingerprint density at radius 2 is 1.84 bits per heavy atom. The summed E-state index contributed by atoms with van der Waals surface area (Å²) in [4.78, 5) is 0. The highest BCUT2D eigenvalue weighted by atomic mass is 16.7. The topological polar surface area (TPSA) is 30.5 Å². The largest absolute Gasteiger partial charge is 0.353 e. The van der Waals surface area contributed by atoms with Crippen LogP contribution in [-0.4, -0.2) is 32.1 Å². The van der Waals surface area contributed by atoms with Gasteiger partial charge in [-0.15, -0.1) is 0 Å². The second-order valence-corrected chi connectivity index (χ2v) is 4.94. The summed E-state index contributed by atoms with van der Waals surface area (Å²) >= 11 is 0. The third-order valence-corrected chi connectivity index (χ3v) is 3.51. The maximum Gasteiger partial charge on any atom is 0.158 e. The molecule has 0 radical (unpaired) electrons. The van der Waals surface area contributed by atoms with E-state index in [4.69, 9.17) is 9.47 Å². The molecule has 0 bridgehead atoms. The molecule has 3 nitrogen and oxygen atoms in total. The predicted molar refractivity (Wildman–Crippen MR) is 77.2 cm³/mol. The second-order valence-electron chi connectivity index (χ2n) is 4.94. The Balaban J connectivity index is 1.65. The van der Waals surface area contributed by atoms with Crippen LogP contribution >= 0.6 is 0 Å². The first-order valence-corrected chi connectivity index (χ1v) is 7.36. The molecule has 1 aromatic rings. The van der Waals surface area contributed by atoms with Crippen LogP contribution in [0.4, 0.5) is 0 Å². The van der Waals surface area contributed by atoms with Gasteiger partial charge in [0.05, 0.1) is 0 Å². The monoisotopic (exact) mass is 263 g/mol. The minimum atomic E-state index is -0.0589. The van der Waals surface area contributed by atoms with Crippen molar-refractivity contribution in [2.75, 3.05) is 19.8 Å². The zero-order valence-corrected chi connectivity index (χ0v) is 12.0. The highest BCUT2D eigenvalue weighted by molar-refractivity contribution is 5.27. The molecule has 3 heteroatoms. The van der Waals surface area contributed by atoms with Crippen LogP contribution in [0.1, 0.15) is 38.2 Å². The summed E-state index contributed by atoms with van der Waals surface area (Å²) in [5.41, 5.74) is 1.45. The number of ether oxygens (including phenoxy) is 2. The molecule has 1 saturated carbocycles. The Labute approximate surface area is 116 Å². The van der Waals surface area contributed by atoms with Crippen molar-refractivity contribution in [3.63, 3.8) is 0 Å². The van der Waals surface area contributed by atoms with Gasteiger partial charge >= 0.3 is 0 Å². The quantitative estimate of drug-likeness (QED) is 0.695. The van der Waals surface area contributed by atoms with Crippen molar-refractivity contribution in [1.29, 1.82) is 0 Å². The summed E-state index contributed by atoms with van der Waals surface area (Å²) in [6.45, 7) is 6.39. The fourth-order valence-corrected chi connectivity index (χ4v) is 2.46. The Hall–Kier alpha value is -0.900. The maximum absolute atomic E-state index is 5.53. The third-order valence-electron chi connectivity index (χ3n) is 3.51. The maximum atomic E-state index is 5.53. The van der Waals surface area contributed by atoms with Crippen LogP contribution < -0.4 is 5.32 Å². The van der Waals surface area contributed by atoms with Gasteiger partial charge in [-0.1, -0.05) is 30.3 Å². The highest BCUT2D eigenvalue weighted by Crippen LogP contribution is 2.40. The average molecular weight is 263 g/mol. The molecule has 2 atom stereocenters. The van der Waals surface area contributed by atoms with Gasteiger partial charge in [0.25, 0.3) is 0 Å². The fraction of sp³-hybridized carbons (Fsp3) is 0.625. The van der Waals surface area contributed by atoms with Crippen LogP contribution in [0.3, 0.4) is 0 Å². The molecule has 1 aromatic carbocycles. The van der Waals surface area contributed by atoms with E-state index >= 15 is 0 Å². The van der Waals surface area contributed by atoms with Crippen LogP contribution in [0.2, 0.25) is 0 Å². The molecule has 1 fully saturated rings. The lowest BCUT2D eigenvalue weighted by atomic mass is 10.1. The first kappa shape index (κ1) is 14.5. The van der Waals surface area contributed by atoms with Crippen LogP contribution in [-0.2, 0) is 9.47 Å². The lowest BCUT2D eigenvalue weighted by molar-refractivity contribution is -0.138. The normalized spacial score (nSPS) is 21.8. The molecule has 1 N–H and O–H groups in total. The zero-order chi connectivity index (χ0) is 13.5. The SMILES string of the molecule is CCOC(CCNC1CC1c1ccccc1)OCC. The van der Waals surface area contributed by atoms with E-state index in [-0.39, 0.29) is 6.29 Å². The van der Waals surface area contributed by atoms with Gasteiger partial charge < -0.3 is 14.8 Å². The van der Waals surface area contributed by atoms with Gasteiger partial charge in [-0.05, 0) is 25.8 Å². The highest BCUT2D eigenvalue weighted by Gasteiger charge is 2.37. The fourth-order valence-electron chi connectivity index (χ4n) is 2.46. The number of hydrogen-bond acceptors (Lipinski definition) is 3. The lowest BCUT2D eigenvalue weighted by Crippen LogP contribution is -2.26. The van der Waals surface area contributed by atoms with Crippen LogP contribution in [0, 0.1) is 0 Å². The molecule has 0 saturated heterocycles. The molecule has 0 heterocycles. The predicted octanol–water partition coefficient (Wildman–Crippen LogP) is 2.92. The summed E-state index contributed by atoms with van der Waals surface area (Å²) in [5.74, 6) is 0.693. The number of hydrogen-bond donors (Lipinski definition) is 1. The van der Waals surface area contributed by atoms with E-state index < -0.39 is 0 Å². The van der Waals surface area contributed by atoms with Gasteiger partial charge in [0.15, 0.2) is 6.29 Å². The van der Waals surface area contributed by atoms with Crippen LogP contribution in [0.5, 0.6) is 0 Å². The number of benzene rings is 1. The van der Waals surface area contributed by atoms with E-state index in [1.807, 2.05) is 13.8 Å². The van der Waals surface area contributed by atoms with Crippen molar-refractivity contribution >= 4 is 0 Å². The molecular weight excluding hydrogens is 238 g/mol. The lowest BCUT2D eigenvalue weighted by Gasteiger charge is -2.17. The Morgan fingerprint density at radius 3 is 2.47 bits per heavy atom. The minimum Gasteiger partial charge on any atom is -0.353 e. The molecule has 2 rings (SSSR count). The first-order valence-electron chi connectivity index (χ1n) is 7.36. The molecule has 1 aliphatic carbocycles. The van der Waals surface area contributed by atoms with Gasteiger partial charge in [0, 0.05) is 38.1 Å². The summed E-state index contributed by atoms with van der Waals surface area (Å²) in [6.07, 6.45) is 2.11. The van der Waals surface area contributed by atoms with Crippen molar-refractivity contribution < 1.29 is 9.47 Å². The van der Waals surface area contributed by atoms with E-state index in [1.165, 1.54) is 12.0 Å². The molecular formula is C16H25NO2. The first-order chi connectivity index (χ1) is 9.35. The molecule has 0 aromatic heterocycles. The van der Waals surface area contributed by atoms with Crippen molar-refractivity contribution in [3.05, 3.63) is 35.9 Å². The standard InChI is InChI=1S/C16H25NO2/c1-3-18-16(19-4-2)10-11-17-15-12-14(15)13-8-6-5-7-9-13/h5-9,14-17H,3-4,10-12H2,1-2H3. The molecule has 2 unspecified atom stereocenters. The van der Waals surface area contributed by atoms with Gasteiger partial charge in [-0.25, -0.2) is 0 Å². The van der Waals surface area contributed by atoms with Gasteiger partial charge in [-0.3, -0.25) is 0 Å². The molecule has 0 aliphatic heterocycles. The van der Waals surface area contributed by atoms with E-state index in [2.05, 4.69) is 35.6 Å². The van der Waals surface area contributed by atoms with Gasteiger partial charge in [-0.2, -0.15) is 0 Å². The Kier molecular flexibility index (Phi) is 5.83. The van der Waals surface area contributed by atoms with E-state index in [1.54, 1.807) is 0 Å². The van der Waals surface area contributed by atoms with Crippen LogP contribution in [0.25, 0.3) is 0 Å². The van der Waals surface area contributed by atoms with Gasteiger partial charge in [0.1, 0.15) is 0 Å². The van der Waals surface area contributed by atoms with Crippen molar-refractivity contribution in [2.45, 2.75) is 44.9 Å². The summed E-state index contributed by atoms with van der Waals surface area (Å²) in [5, 5.41) is 3.59. The smallest absolute Gasteiger partial charge is 0.158 e. The number of nitrogens with one attached hydrogen (secondary N) is 1. The third kappa shape index (κ3) is 4.60. The van der Waals surface area contributed by atoms with Crippen molar-refractivity contribution in [1.82, 2.24) is 5.32 Å². The summed E-state index contributed by atoms with van der Waals surface area (Å²) in [7, 11) is 0. The molecule has 19 heavy (non-hydrogen) atoms. The molecule has 1 aliphatic rings. The van der Waals surface area contributed by atoms with Crippen LogP contribution in [0.15, 0.2) is 30.3 Å². The summed E-state index contributed by atoms with van der Waals surface area (Å²) < 4.78 is 11.1. The Bertz CT molecular complexity index is 349. The number of rotatable bonds is 9. The van der Waals surface area contributed by atoms with E-state index in [0.29, 0.717) is 25.2 Å². The zero-order valence-electron chi connectivity index (χ0n) is 12.0.